The summed E-state index contributed by atoms with van der Waals surface area (Å²) in [4.78, 5) is 27.5. The molecule has 2 saturated carbocycles. The van der Waals surface area contributed by atoms with E-state index in [9.17, 15) is 24.9 Å². The van der Waals surface area contributed by atoms with E-state index in [0.717, 1.165) is 0 Å². The zero-order valence-corrected chi connectivity index (χ0v) is 24.5. The van der Waals surface area contributed by atoms with Crippen LogP contribution in [0.5, 0.6) is 0 Å². The van der Waals surface area contributed by atoms with Gasteiger partial charge < -0.3 is 39.0 Å². The molecular weight excluding hydrogens is 568 g/mol. The SMILES string of the molecule is C=C(C)[C@@]12O[C@]3(c4ccccc4)O[C@@H]1[C@@H]1C4O[C@]4(CO)C(O)[C@]4(O)C(=O)C(C)=C[C@@H]4[C@]1(O3)C(C)[C@@H]2OC(=O)c1ccccc1. The summed E-state index contributed by atoms with van der Waals surface area (Å²) < 4.78 is 33.4. The summed E-state index contributed by atoms with van der Waals surface area (Å²) in [6, 6.07) is 17.6. The van der Waals surface area contributed by atoms with E-state index in [1.165, 1.54) is 0 Å². The van der Waals surface area contributed by atoms with Gasteiger partial charge in [-0.25, -0.2) is 4.79 Å². The molecule has 5 fully saturated rings. The van der Waals surface area contributed by atoms with Crippen molar-refractivity contribution in [3.63, 3.8) is 0 Å². The largest absolute Gasteiger partial charge is 0.455 e. The number of hydrogen-bond acceptors (Lipinski definition) is 10. The summed E-state index contributed by atoms with van der Waals surface area (Å²) in [5.41, 5.74) is -5.56. The van der Waals surface area contributed by atoms with Crippen molar-refractivity contribution in [1.29, 1.82) is 0 Å². The normalized spacial score (nSPS) is 47.6. The Morgan fingerprint density at radius 2 is 1.68 bits per heavy atom. The van der Waals surface area contributed by atoms with Crippen molar-refractivity contribution in [2.75, 3.05) is 6.61 Å². The summed E-state index contributed by atoms with van der Waals surface area (Å²) in [6.07, 6.45) is -3.09. The molecule has 0 amide bonds. The van der Waals surface area contributed by atoms with E-state index < -0.39 is 88.9 Å². The second kappa shape index (κ2) is 8.73. The predicted molar refractivity (Wildman–Crippen MR) is 152 cm³/mol. The summed E-state index contributed by atoms with van der Waals surface area (Å²) in [6.45, 7) is 8.80. The summed E-state index contributed by atoms with van der Waals surface area (Å²) in [5, 5.41) is 34.8. The molecule has 3 saturated heterocycles. The van der Waals surface area contributed by atoms with Crippen molar-refractivity contribution in [2.45, 2.75) is 73.6 Å². The van der Waals surface area contributed by atoms with E-state index in [0.29, 0.717) is 16.7 Å². The number of Topliss-reactive ketones (excluding diaryl/α,β-unsaturated/α-hetero) is 1. The fourth-order valence-electron chi connectivity index (χ4n) is 9.07. The molecule has 44 heavy (non-hydrogen) atoms. The molecule has 2 aromatic carbocycles. The van der Waals surface area contributed by atoms with Crippen LogP contribution in [0.3, 0.4) is 0 Å². The van der Waals surface area contributed by atoms with Crippen molar-refractivity contribution in [3.05, 3.63) is 95.6 Å². The molecule has 0 aromatic heterocycles. The maximum atomic E-state index is 13.8. The van der Waals surface area contributed by atoms with Crippen molar-refractivity contribution in [2.24, 2.45) is 17.8 Å². The van der Waals surface area contributed by atoms with E-state index >= 15 is 0 Å². The Bertz CT molecular complexity index is 1620. The Morgan fingerprint density at radius 1 is 1.02 bits per heavy atom. The fourth-order valence-corrected chi connectivity index (χ4v) is 9.07. The number of ketones is 1. The van der Waals surface area contributed by atoms with Crippen LogP contribution in [0.15, 0.2) is 84.5 Å². The molecule has 0 radical (unpaired) electrons. The number of rotatable bonds is 5. The third kappa shape index (κ3) is 3.00. The van der Waals surface area contributed by atoms with Gasteiger partial charge in [0.05, 0.1) is 17.8 Å². The molecule has 10 nitrogen and oxygen atoms in total. The minimum absolute atomic E-state index is 0.232. The molecule has 3 aliphatic heterocycles. The first-order valence-electron chi connectivity index (χ1n) is 14.9. The minimum Gasteiger partial charge on any atom is -0.455 e. The van der Waals surface area contributed by atoms with Gasteiger partial charge in [0.1, 0.15) is 30.0 Å². The number of carbonyl (C=O) groups is 2. The van der Waals surface area contributed by atoms with Gasteiger partial charge in [0.15, 0.2) is 17.0 Å². The topological polar surface area (TPSA) is 144 Å². The molecular formula is C34H34O10. The molecule has 230 valence electrons. The van der Waals surface area contributed by atoms with Crippen molar-refractivity contribution in [1.82, 2.24) is 0 Å². The van der Waals surface area contributed by atoms with Gasteiger partial charge in [0.2, 0.25) is 0 Å². The number of hydrogen-bond donors (Lipinski definition) is 3. The van der Waals surface area contributed by atoms with Crippen LogP contribution in [0.4, 0.5) is 0 Å². The predicted octanol–water partition coefficient (Wildman–Crippen LogP) is 2.17. The number of aliphatic hydroxyl groups is 3. The lowest BCUT2D eigenvalue weighted by atomic mass is 9.53. The number of carbonyl (C=O) groups excluding carboxylic acids is 2. The standard InChI is InChI=1S/C34H34O10/c1-17(2)32-25(40-28(37)20-11-7-5-8-12-20)19(4)33-22-15-18(3)24(36)31(22,39)29(38)30(16-35)26(41-30)23(33)27(32)42-34(43-32,44-33)21-13-9-6-10-14-21/h5-15,19,22-23,25-27,29,35,38-39H,1,16H2,2-4H3/t19?,22-,23-,25-,26?,27+,29?,30-,31+,32-,33+,34-/m0/s1. The van der Waals surface area contributed by atoms with Gasteiger partial charge in [0, 0.05) is 23.3 Å². The fraction of sp³-hybridized carbons (Fsp3) is 0.471. The number of esters is 1. The molecule has 2 aromatic rings. The van der Waals surface area contributed by atoms with Gasteiger partial charge in [-0.05, 0) is 37.1 Å². The molecule has 8 rings (SSSR count). The average molecular weight is 603 g/mol. The summed E-state index contributed by atoms with van der Waals surface area (Å²) >= 11 is 0. The average Bonchev–Trinajstić information content (AvgIpc) is 3.65. The highest BCUT2D eigenvalue weighted by Gasteiger charge is 2.90. The van der Waals surface area contributed by atoms with E-state index in [4.69, 9.17) is 23.7 Å². The third-order valence-corrected chi connectivity index (χ3v) is 11.1. The molecule has 6 aliphatic rings. The van der Waals surface area contributed by atoms with Crippen molar-refractivity contribution in [3.8, 4) is 0 Å². The minimum atomic E-state index is -2.42. The molecule has 12 atom stereocenters. The van der Waals surface area contributed by atoms with Gasteiger partial charge in [-0.3, -0.25) is 4.79 Å². The molecule has 10 heteroatoms. The van der Waals surface area contributed by atoms with Crippen molar-refractivity contribution >= 4 is 11.8 Å². The lowest BCUT2D eigenvalue weighted by Crippen LogP contribution is -2.76. The monoisotopic (exact) mass is 602 g/mol. The van der Waals surface area contributed by atoms with Gasteiger partial charge in [-0.15, -0.1) is 0 Å². The van der Waals surface area contributed by atoms with Crippen LogP contribution in [0.1, 0.15) is 36.7 Å². The van der Waals surface area contributed by atoms with Gasteiger partial charge in [-0.2, -0.15) is 0 Å². The Balaban J connectivity index is 1.41. The third-order valence-electron chi connectivity index (χ3n) is 11.1. The zero-order valence-electron chi connectivity index (χ0n) is 24.5. The Morgan fingerprint density at radius 3 is 2.32 bits per heavy atom. The molecule has 3 aliphatic carbocycles. The van der Waals surface area contributed by atoms with Crippen molar-refractivity contribution < 1.29 is 48.6 Å². The molecule has 3 unspecified atom stereocenters. The maximum Gasteiger partial charge on any atom is 0.338 e. The molecule has 3 N–H and O–H groups in total. The number of aliphatic hydroxyl groups excluding tert-OH is 2. The smallest absolute Gasteiger partial charge is 0.338 e. The maximum absolute atomic E-state index is 13.8. The van der Waals surface area contributed by atoms with Gasteiger partial charge in [0.25, 0.3) is 0 Å². The van der Waals surface area contributed by atoms with Crippen LogP contribution in [-0.4, -0.2) is 80.5 Å². The first kappa shape index (κ1) is 28.3. The second-order valence-electron chi connectivity index (χ2n) is 13.1. The second-order valence-corrected chi connectivity index (χ2v) is 13.1. The zero-order chi connectivity index (χ0) is 31.0. The Kier molecular flexibility index (Phi) is 5.61. The quantitative estimate of drug-likeness (QED) is 0.265. The first-order valence-corrected chi connectivity index (χ1v) is 14.9. The Hall–Kier alpha value is -3.22. The van der Waals surface area contributed by atoms with Crippen LogP contribution >= 0.6 is 0 Å². The highest BCUT2D eigenvalue weighted by Crippen LogP contribution is 2.74. The lowest BCUT2D eigenvalue weighted by Gasteiger charge is -2.61. The number of ether oxygens (including phenoxy) is 5. The highest BCUT2D eigenvalue weighted by atomic mass is 16.9. The number of benzene rings is 2. The highest BCUT2D eigenvalue weighted by molar-refractivity contribution is 6.05. The van der Waals surface area contributed by atoms with E-state index in [2.05, 4.69) is 6.58 Å². The Labute approximate surface area is 253 Å². The number of fused-ring (bicyclic) bond motifs is 3. The van der Waals surface area contributed by atoms with Crippen LogP contribution in [0, 0.1) is 17.8 Å². The first-order chi connectivity index (χ1) is 20.9. The van der Waals surface area contributed by atoms with Crippen LogP contribution in [0.2, 0.25) is 0 Å². The molecule has 3 bridgehead atoms. The molecule has 0 spiro atoms. The van der Waals surface area contributed by atoms with Crippen LogP contribution in [-0.2, 0) is 34.5 Å². The van der Waals surface area contributed by atoms with E-state index in [1.54, 1.807) is 74.5 Å². The van der Waals surface area contributed by atoms with Gasteiger partial charge >= 0.3 is 11.9 Å². The molecule has 3 heterocycles. The van der Waals surface area contributed by atoms with Crippen LogP contribution < -0.4 is 0 Å². The summed E-state index contributed by atoms with van der Waals surface area (Å²) in [7, 11) is 0. The van der Waals surface area contributed by atoms with Gasteiger partial charge in [-0.1, -0.05) is 68.1 Å². The van der Waals surface area contributed by atoms with E-state index in [-0.39, 0.29) is 5.57 Å². The lowest BCUT2D eigenvalue weighted by molar-refractivity contribution is -0.440. The summed E-state index contributed by atoms with van der Waals surface area (Å²) in [5.74, 6) is -5.87. The van der Waals surface area contributed by atoms with Crippen LogP contribution in [0.25, 0.3) is 0 Å². The number of epoxide rings is 1. The van der Waals surface area contributed by atoms with E-state index in [1.807, 2.05) is 13.0 Å².